The van der Waals surface area contributed by atoms with Crippen LogP contribution in [0.1, 0.15) is 17.3 Å². The van der Waals surface area contributed by atoms with E-state index >= 15 is 0 Å². The average Bonchev–Trinajstić information content (AvgIpc) is 2.27. The van der Waals surface area contributed by atoms with Crippen LogP contribution in [0.25, 0.3) is 0 Å². The lowest BCUT2D eigenvalue weighted by Crippen LogP contribution is -2.07. The van der Waals surface area contributed by atoms with Crippen LogP contribution in [0.4, 0.5) is 0 Å². The molecule has 0 fully saturated rings. The fourth-order valence-electron chi connectivity index (χ4n) is 1.11. The zero-order valence-electron chi connectivity index (χ0n) is 8.80. The molecule has 0 bridgehead atoms. The molecule has 5 heteroatoms. The average molecular weight is 240 g/mol. The number of ether oxygens (including phenoxy) is 1. The lowest BCUT2D eigenvalue weighted by atomic mass is 10.2. The van der Waals surface area contributed by atoms with E-state index < -0.39 is 11.9 Å². The Balaban J connectivity index is 2.82. The molecule has 86 valence electrons. The summed E-state index contributed by atoms with van der Waals surface area (Å²) in [6, 6.07) is 6.81. The normalized spacial score (nSPS) is 9.81. The minimum absolute atomic E-state index is 0.0730. The molecule has 0 radical (unpaired) electrons. The van der Waals surface area contributed by atoms with Crippen molar-refractivity contribution in [2.75, 3.05) is 12.4 Å². The van der Waals surface area contributed by atoms with Gasteiger partial charge in [0, 0.05) is 4.90 Å². The van der Waals surface area contributed by atoms with Crippen molar-refractivity contribution in [3.05, 3.63) is 29.8 Å². The van der Waals surface area contributed by atoms with Crippen LogP contribution in [-0.4, -0.2) is 29.4 Å². The van der Waals surface area contributed by atoms with Crippen molar-refractivity contribution in [3.63, 3.8) is 0 Å². The van der Waals surface area contributed by atoms with Crippen molar-refractivity contribution in [2.45, 2.75) is 11.8 Å². The van der Waals surface area contributed by atoms with Gasteiger partial charge < -0.3 is 9.84 Å². The zero-order chi connectivity index (χ0) is 12.0. The molecular weight excluding hydrogens is 228 g/mol. The van der Waals surface area contributed by atoms with Crippen molar-refractivity contribution in [2.24, 2.45) is 0 Å². The van der Waals surface area contributed by atoms with Crippen molar-refractivity contribution in [1.82, 2.24) is 0 Å². The predicted octanol–water partition coefficient (Wildman–Crippen LogP) is 2.04. The Labute approximate surface area is 97.6 Å². The molecule has 1 rings (SSSR count). The third-order valence-corrected chi connectivity index (χ3v) is 2.79. The van der Waals surface area contributed by atoms with Gasteiger partial charge in [-0.15, -0.1) is 11.8 Å². The maximum Gasteiger partial charge on any atom is 0.339 e. The first-order valence-electron chi connectivity index (χ1n) is 4.76. The van der Waals surface area contributed by atoms with Gasteiger partial charge in [-0.25, -0.2) is 4.79 Å². The van der Waals surface area contributed by atoms with Crippen molar-refractivity contribution >= 4 is 23.7 Å². The van der Waals surface area contributed by atoms with E-state index in [1.54, 1.807) is 31.2 Å². The molecule has 4 nitrogen and oxygen atoms in total. The minimum atomic E-state index is -0.913. The van der Waals surface area contributed by atoms with Crippen LogP contribution in [0.3, 0.4) is 0 Å². The van der Waals surface area contributed by atoms with E-state index in [1.807, 2.05) is 0 Å². The topological polar surface area (TPSA) is 63.6 Å². The number of carbonyl (C=O) groups is 2. The van der Waals surface area contributed by atoms with Gasteiger partial charge in [-0.3, -0.25) is 4.79 Å². The third-order valence-electron chi connectivity index (χ3n) is 1.73. The SMILES string of the molecule is CCOC(=O)c1ccccc1SCC(=O)O. The molecule has 0 aliphatic heterocycles. The van der Waals surface area contributed by atoms with Crippen LogP contribution in [0.15, 0.2) is 29.2 Å². The summed E-state index contributed by atoms with van der Waals surface area (Å²) in [4.78, 5) is 22.6. The van der Waals surface area contributed by atoms with Gasteiger partial charge >= 0.3 is 11.9 Å². The van der Waals surface area contributed by atoms with Gasteiger partial charge in [-0.1, -0.05) is 12.1 Å². The van der Waals surface area contributed by atoms with E-state index in [1.165, 1.54) is 0 Å². The number of carboxylic acid groups (broad SMARTS) is 1. The Hall–Kier alpha value is -1.49. The van der Waals surface area contributed by atoms with Gasteiger partial charge in [0.15, 0.2) is 0 Å². The highest BCUT2D eigenvalue weighted by atomic mass is 32.2. The zero-order valence-corrected chi connectivity index (χ0v) is 9.62. The smallest absolute Gasteiger partial charge is 0.339 e. The van der Waals surface area contributed by atoms with Crippen LogP contribution in [0, 0.1) is 0 Å². The first-order chi connectivity index (χ1) is 7.65. The van der Waals surface area contributed by atoms with Gasteiger partial charge in [0.05, 0.1) is 17.9 Å². The predicted molar refractivity (Wildman–Crippen MR) is 60.8 cm³/mol. The molecule has 1 aromatic rings. The highest BCUT2D eigenvalue weighted by Gasteiger charge is 2.12. The molecule has 0 saturated carbocycles. The molecule has 0 unspecified atom stereocenters. The van der Waals surface area contributed by atoms with Gasteiger partial charge in [0.2, 0.25) is 0 Å². The molecule has 0 amide bonds. The van der Waals surface area contributed by atoms with Gasteiger partial charge in [-0.05, 0) is 19.1 Å². The van der Waals surface area contributed by atoms with E-state index in [4.69, 9.17) is 9.84 Å². The monoisotopic (exact) mass is 240 g/mol. The van der Waals surface area contributed by atoms with E-state index in [0.29, 0.717) is 17.1 Å². The maximum atomic E-state index is 11.5. The molecule has 1 N–H and O–H groups in total. The summed E-state index contributed by atoms with van der Waals surface area (Å²) in [5.74, 6) is -1.41. The first kappa shape index (κ1) is 12.6. The van der Waals surface area contributed by atoms with Gasteiger partial charge in [0.25, 0.3) is 0 Å². The second-order valence-corrected chi connectivity index (χ2v) is 3.92. The summed E-state index contributed by atoms with van der Waals surface area (Å²) < 4.78 is 4.88. The molecular formula is C11H12O4S. The fourth-order valence-corrected chi connectivity index (χ4v) is 1.87. The minimum Gasteiger partial charge on any atom is -0.481 e. The molecule has 0 saturated heterocycles. The van der Waals surface area contributed by atoms with E-state index in [9.17, 15) is 9.59 Å². The molecule has 16 heavy (non-hydrogen) atoms. The lowest BCUT2D eigenvalue weighted by Gasteiger charge is -2.06. The number of carboxylic acids is 1. The number of rotatable bonds is 5. The summed E-state index contributed by atoms with van der Waals surface area (Å²) in [5.41, 5.74) is 0.413. The standard InChI is InChI=1S/C11H12O4S/c1-2-15-11(14)8-5-3-4-6-9(8)16-7-10(12)13/h3-6H,2,7H2,1H3,(H,12,13). The second kappa shape index (κ2) is 6.17. The summed E-state index contributed by atoms with van der Waals surface area (Å²) >= 11 is 1.11. The Kier molecular flexibility index (Phi) is 4.85. The van der Waals surface area contributed by atoms with Crippen molar-refractivity contribution in [1.29, 1.82) is 0 Å². The molecule has 0 aliphatic carbocycles. The maximum absolute atomic E-state index is 11.5. The molecule has 0 aromatic heterocycles. The van der Waals surface area contributed by atoms with E-state index in [2.05, 4.69) is 0 Å². The quantitative estimate of drug-likeness (QED) is 0.630. The molecule has 0 aliphatic rings. The third kappa shape index (κ3) is 3.58. The fraction of sp³-hybridized carbons (Fsp3) is 0.273. The lowest BCUT2D eigenvalue weighted by molar-refractivity contribution is -0.133. The number of hydrogen-bond acceptors (Lipinski definition) is 4. The second-order valence-electron chi connectivity index (χ2n) is 2.90. The number of benzene rings is 1. The molecule has 0 heterocycles. The molecule has 0 spiro atoms. The van der Waals surface area contributed by atoms with Crippen LogP contribution in [0.2, 0.25) is 0 Å². The largest absolute Gasteiger partial charge is 0.481 e. The van der Waals surface area contributed by atoms with Crippen molar-refractivity contribution < 1.29 is 19.4 Å². The number of esters is 1. The Bertz CT molecular complexity index is 389. The Morgan fingerprint density at radius 2 is 2.06 bits per heavy atom. The summed E-state index contributed by atoms with van der Waals surface area (Å²) in [7, 11) is 0. The van der Waals surface area contributed by atoms with Crippen LogP contribution in [0.5, 0.6) is 0 Å². The summed E-state index contributed by atoms with van der Waals surface area (Å²) in [6.45, 7) is 2.03. The van der Waals surface area contributed by atoms with Crippen molar-refractivity contribution in [3.8, 4) is 0 Å². The Morgan fingerprint density at radius 3 is 2.69 bits per heavy atom. The van der Waals surface area contributed by atoms with E-state index in [-0.39, 0.29) is 5.75 Å². The molecule has 1 aromatic carbocycles. The summed E-state index contributed by atoms with van der Waals surface area (Å²) in [6.07, 6.45) is 0. The number of hydrogen-bond donors (Lipinski definition) is 1. The highest BCUT2D eigenvalue weighted by molar-refractivity contribution is 8.00. The summed E-state index contributed by atoms with van der Waals surface area (Å²) in [5, 5.41) is 8.57. The number of thioether (sulfide) groups is 1. The van der Waals surface area contributed by atoms with Crippen LogP contribution >= 0.6 is 11.8 Å². The Morgan fingerprint density at radius 1 is 1.38 bits per heavy atom. The number of aliphatic carboxylic acids is 1. The van der Waals surface area contributed by atoms with E-state index in [0.717, 1.165) is 11.8 Å². The number of carbonyl (C=O) groups excluding carboxylic acids is 1. The highest BCUT2D eigenvalue weighted by Crippen LogP contribution is 2.23. The molecule has 0 atom stereocenters. The van der Waals surface area contributed by atoms with Gasteiger partial charge in [-0.2, -0.15) is 0 Å². The van der Waals surface area contributed by atoms with Crippen LogP contribution in [-0.2, 0) is 9.53 Å². The van der Waals surface area contributed by atoms with Crippen LogP contribution < -0.4 is 0 Å². The first-order valence-corrected chi connectivity index (χ1v) is 5.74. The van der Waals surface area contributed by atoms with Gasteiger partial charge in [0.1, 0.15) is 0 Å².